The molecule has 1 fully saturated rings. The largest absolute Gasteiger partial charge is 0.463 e. The number of ether oxygens (including phenoxy) is 4. The van der Waals surface area contributed by atoms with Crippen molar-refractivity contribution in [2.45, 2.75) is 51.7 Å². The number of rotatable bonds is 14. The maximum Gasteiger partial charge on any atom is 0.321 e. The summed E-state index contributed by atoms with van der Waals surface area (Å²) < 4.78 is 25.4. The molecule has 1 aliphatic rings. The van der Waals surface area contributed by atoms with Gasteiger partial charge in [0.15, 0.2) is 15.3 Å². The Bertz CT molecular complexity index is 830. The molecule has 0 bridgehead atoms. The fourth-order valence-corrected chi connectivity index (χ4v) is 4.33. The van der Waals surface area contributed by atoms with Crippen LogP contribution >= 0.6 is 0 Å². The molecule has 6 atom stereocenters. The zero-order valence-electron chi connectivity index (χ0n) is 19.7. The van der Waals surface area contributed by atoms with Crippen LogP contribution in [0, 0.1) is 17.8 Å². The van der Waals surface area contributed by atoms with E-state index in [0.29, 0.717) is 6.42 Å². The third-order valence-electron chi connectivity index (χ3n) is 5.69. The van der Waals surface area contributed by atoms with Crippen molar-refractivity contribution in [2.24, 2.45) is 17.8 Å². The number of carbonyl (C=O) groups is 4. The summed E-state index contributed by atoms with van der Waals surface area (Å²) in [7, 11) is -1.34. The van der Waals surface area contributed by atoms with Crippen LogP contribution in [-0.2, 0) is 42.6 Å². The summed E-state index contributed by atoms with van der Waals surface area (Å²) >= 11 is 0. The van der Waals surface area contributed by atoms with E-state index in [1.807, 2.05) is 50.3 Å². The number of aliphatic hydroxyl groups excluding tert-OH is 1. The minimum Gasteiger partial charge on any atom is -0.463 e. The summed E-state index contributed by atoms with van der Waals surface area (Å²) in [5.41, 5.74) is 0.818. The van der Waals surface area contributed by atoms with Gasteiger partial charge in [0, 0.05) is 0 Å². The van der Waals surface area contributed by atoms with Crippen molar-refractivity contribution in [3.8, 4) is 0 Å². The van der Waals surface area contributed by atoms with E-state index < -0.39 is 69.6 Å². The van der Waals surface area contributed by atoms with Gasteiger partial charge in [0.2, 0.25) is 0 Å². The molecule has 1 aromatic carbocycles. The van der Waals surface area contributed by atoms with E-state index in [9.17, 15) is 24.3 Å². The second-order valence-electron chi connectivity index (χ2n) is 8.29. The third kappa shape index (κ3) is 7.20. The third-order valence-corrected chi connectivity index (χ3v) is 6.50. The molecule has 1 aliphatic heterocycles. The quantitative estimate of drug-likeness (QED) is 0.101. The Hall–Kier alpha value is -2.60. The molecule has 1 N–H and O–H groups in total. The van der Waals surface area contributed by atoms with Crippen LogP contribution in [0.1, 0.15) is 31.7 Å². The standard InChI is InChI=1S/C23H32O10Si/c1-5-16(15-9-7-6-8-10-15)18-19(23(28)33-22(18)27)20(30-12-24)14(2)21(26)29-11-17(25)31-13-32-34(3)4/h6-10,12,14,16-20,25,34H,5,11,13H2,1-4H3. The average Bonchev–Trinajstić information content (AvgIpc) is 3.09. The van der Waals surface area contributed by atoms with Gasteiger partial charge in [0.1, 0.15) is 25.4 Å². The Morgan fingerprint density at radius 3 is 2.41 bits per heavy atom. The number of carbonyl (C=O) groups excluding carboxylic acids is 4. The molecule has 2 rings (SSSR count). The van der Waals surface area contributed by atoms with Gasteiger partial charge < -0.3 is 28.5 Å². The predicted octanol–water partition coefficient (Wildman–Crippen LogP) is 1.51. The van der Waals surface area contributed by atoms with E-state index in [-0.39, 0.29) is 13.3 Å². The van der Waals surface area contributed by atoms with Crippen molar-refractivity contribution in [3.63, 3.8) is 0 Å². The molecule has 6 unspecified atom stereocenters. The second kappa shape index (κ2) is 13.3. The van der Waals surface area contributed by atoms with E-state index in [1.165, 1.54) is 6.92 Å². The van der Waals surface area contributed by atoms with Crippen LogP contribution in [0.3, 0.4) is 0 Å². The normalized spacial score (nSPS) is 21.5. The molecular weight excluding hydrogens is 464 g/mol. The van der Waals surface area contributed by atoms with Crippen LogP contribution in [0.2, 0.25) is 13.1 Å². The molecule has 1 heterocycles. The van der Waals surface area contributed by atoms with Crippen molar-refractivity contribution in [2.75, 3.05) is 13.4 Å². The van der Waals surface area contributed by atoms with E-state index in [0.717, 1.165) is 5.56 Å². The smallest absolute Gasteiger partial charge is 0.321 e. The first-order valence-electron chi connectivity index (χ1n) is 11.2. The van der Waals surface area contributed by atoms with Crippen molar-refractivity contribution in [3.05, 3.63) is 35.9 Å². The molecule has 0 aliphatic carbocycles. The monoisotopic (exact) mass is 496 g/mol. The Kier molecular flexibility index (Phi) is 10.8. The highest BCUT2D eigenvalue weighted by atomic mass is 28.3. The number of benzene rings is 1. The fourth-order valence-electron chi connectivity index (χ4n) is 3.98. The molecule has 34 heavy (non-hydrogen) atoms. The topological polar surface area (TPSA) is 135 Å². The predicted molar refractivity (Wildman–Crippen MR) is 121 cm³/mol. The minimum absolute atomic E-state index is 0.121. The second-order valence-corrected chi connectivity index (χ2v) is 10.7. The zero-order chi connectivity index (χ0) is 25.3. The lowest BCUT2D eigenvalue weighted by Crippen LogP contribution is -2.43. The molecule has 0 amide bonds. The first-order valence-corrected chi connectivity index (χ1v) is 14.0. The maximum atomic E-state index is 12.7. The number of esters is 3. The Morgan fingerprint density at radius 1 is 1.18 bits per heavy atom. The van der Waals surface area contributed by atoms with Crippen LogP contribution in [0.15, 0.2) is 30.3 Å². The summed E-state index contributed by atoms with van der Waals surface area (Å²) in [6.07, 6.45) is -2.21. The molecule has 1 saturated heterocycles. The van der Waals surface area contributed by atoms with E-state index >= 15 is 0 Å². The molecular formula is C23H32O10Si. The molecule has 11 heteroatoms. The van der Waals surface area contributed by atoms with Crippen LogP contribution in [-0.4, -0.2) is 64.3 Å². The van der Waals surface area contributed by atoms with Gasteiger partial charge in [-0.3, -0.25) is 19.2 Å². The highest BCUT2D eigenvalue weighted by Crippen LogP contribution is 2.42. The highest BCUT2D eigenvalue weighted by Gasteiger charge is 2.55. The summed E-state index contributed by atoms with van der Waals surface area (Å²) in [5, 5.41) is 9.83. The summed E-state index contributed by atoms with van der Waals surface area (Å²) in [5.74, 6) is -6.12. The van der Waals surface area contributed by atoms with E-state index in [4.69, 9.17) is 23.4 Å². The van der Waals surface area contributed by atoms with Crippen molar-refractivity contribution >= 4 is 33.4 Å². The molecule has 0 spiro atoms. The summed E-state index contributed by atoms with van der Waals surface area (Å²) in [6.45, 7) is 6.63. The van der Waals surface area contributed by atoms with Gasteiger partial charge in [-0.05, 0) is 37.9 Å². The van der Waals surface area contributed by atoms with Gasteiger partial charge in [-0.2, -0.15) is 0 Å². The van der Waals surface area contributed by atoms with Crippen molar-refractivity contribution in [1.29, 1.82) is 0 Å². The lowest BCUT2D eigenvalue weighted by Gasteiger charge is -2.30. The van der Waals surface area contributed by atoms with Gasteiger partial charge in [0.25, 0.3) is 6.47 Å². The lowest BCUT2D eigenvalue weighted by atomic mass is 9.73. The SMILES string of the molecule is CCC(c1ccccc1)C1C(=O)OC(=O)C1C(OC=O)C(C)C(=O)OCC(O)OCO[SiH](C)C. The van der Waals surface area contributed by atoms with Gasteiger partial charge >= 0.3 is 17.9 Å². The lowest BCUT2D eigenvalue weighted by molar-refractivity contribution is -0.187. The van der Waals surface area contributed by atoms with Crippen molar-refractivity contribution < 1.29 is 47.7 Å². The zero-order valence-corrected chi connectivity index (χ0v) is 20.9. The van der Waals surface area contributed by atoms with Gasteiger partial charge in [-0.1, -0.05) is 37.3 Å². The first kappa shape index (κ1) is 27.6. The van der Waals surface area contributed by atoms with Crippen molar-refractivity contribution in [1.82, 2.24) is 0 Å². The molecule has 0 radical (unpaired) electrons. The van der Waals surface area contributed by atoms with Crippen LogP contribution in [0.4, 0.5) is 0 Å². The molecule has 0 saturated carbocycles. The number of cyclic esters (lactones) is 2. The van der Waals surface area contributed by atoms with Gasteiger partial charge in [-0.15, -0.1) is 0 Å². The van der Waals surface area contributed by atoms with E-state index in [2.05, 4.69) is 0 Å². The summed E-state index contributed by atoms with van der Waals surface area (Å²) in [4.78, 5) is 49.3. The maximum absolute atomic E-state index is 12.7. The Labute approximate surface area is 200 Å². The van der Waals surface area contributed by atoms with E-state index in [1.54, 1.807) is 0 Å². The van der Waals surface area contributed by atoms with Crippen LogP contribution < -0.4 is 0 Å². The molecule has 0 aromatic heterocycles. The van der Waals surface area contributed by atoms with Gasteiger partial charge in [-0.25, -0.2) is 0 Å². The molecule has 10 nitrogen and oxygen atoms in total. The molecule has 188 valence electrons. The number of aliphatic hydroxyl groups is 1. The van der Waals surface area contributed by atoms with Gasteiger partial charge in [0.05, 0.1) is 11.8 Å². The Balaban J connectivity index is 2.16. The highest BCUT2D eigenvalue weighted by molar-refractivity contribution is 6.48. The molecule has 1 aromatic rings. The average molecular weight is 497 g/mol. The minimum atomic E-state index is -1.41. The summed E-state index contributed by atoms with van der Waals surface area (Å²) in [6, 6.07) is 9.13. The fraction of sp³-hybridized carbons (Fsp3) is 0.565. The van der Waals surface area contributed by atoms with Crippen LogP contribution in [0.25, 0.3) is 0 Å². The number of hydrogen-bond donors (Lipinski definition) is 1. The Morgan fingerprint density at radius 2 is 1.82 bits per heavy atom. The number of hydrogen-bond acceptors (Lipinski definition) is 10. The van der Waals surface area contributed by atoms with Crippen LogP contribution in [0.5, 0.6) is 0 Å². The first-order chi connectivity index (χ1) is 16.2.